The first-order valence-electron chi connectivity index (χ1n) is 15.7. The highest BCUT2D eigenvalue weighted by Gasteiger charge is 2.41. The number of ether oxygens (including phenoxy) is 4. The standard InChI is InChI=1S/C35H43N3O6/c1-2-36-34(40)37-22-26-4-3-5-30(20-26)27-10-12-29(13-11-27)33-43-31(21-32(44-33)28-8-6-25(24-39)7-9-28)23-38-16-14-35(15-17-38)41-18-19-42-35/h3-13,20,31-33,39H,2,14-19,21-24H2,1H3,(H2,36,37,40). The summed E-state index contributed by atoms with van der Waals surface area (Å²) >= 11 is 0. The molecule has 0 bridgehead atoms. The number of carbonyl (C=O) groups is 1. The maximum absolute atomic E-state index is 11.8. The summed E-state index contributed by atoms with van der Waals surface area (Å²) in [5, 5.41) is 15.2. The Labute approximate surface area is 259 Å². The van der Waals surface area contributed by atoms with Crippen LogP contribution in [0.4, 0.5) is 4.79 Å². The fourth-order valence-electron chi connectivity index (χ4n) is 6.28. The number of amides is 2. The number of urea groups is 1. The summed E-state index contributed by atoms with van der Waals surface area (Å²) in [5.74, 6) is -0.395. The molecule has 0 aromatic heterocycles. The van der Waals surface area contributed by atoms with Gasteiger partial charge in [-0.1, -0.05) is 66.7 Å². The van der Waals surface area contributed by atoms with Gasteiger partial charge in [-0.05, 0) is 40.8 Å². The van der Waals surface area contributed by atoms with Crippen LogP contribution in [0, 0.1) is 0 Å². The summed E-state index contributed by atoms with van der Waals surface area (Å²) < 4.78 is 25.1. The quantitative estimate of drug-likeness (QED) is 0.316. The molecule has 3 heterocycles. The summed E-state index contributed by atoms with van der Waals surface area (Å²) in [6.07, 6.45) is 1.85. The number of hydrogen-bond donors (Lipinski definition) is 3. The largest absolute Gasteiger partial charge is 0.392 e. The van der Waals surface area contributed by atoms with E-state index in [-0.39, 0.29) is 24.8 Å². The number of likely N-dealkylation sites (tertiary alicyclic amines) is 1. The lowest BCUT2D eigenvalue weighted by molar-refractivity contribution is -0.255. The Balaban J connectivity index is 1.15. The van der Waals surface area contributed by atoms with Crippen LogP contribution in [0.1, 0.15) is 60.8 Å². The van der Waals surface area contributed by atoms with Gasteiger partial charge in [-0.3, -0.25) is 0 Å². The third-order valence-electron chi connectivity index (χ3n) is 8.74. The molecular weight excluding hydrogens is 558 g/mol. The number of benzene rings is 3. The van der Waals surface area contributed by atoms with E-state index in [2.05, 4.69) is 51.9 Å². The second-order valence-corrected chi connectivity index (χ2v) is 11.8. The van der Waals surface area contributed by atoms with Crippen molar-refractivity contribution in [2.45, 2.75) is 63.6 Å². The molecule has 2 amide bonds. The minimum Gasteiger partial charge on any atom is -0.392 e. The van der Waals surface area contributed by atoms with Crippen LogP contribution in [0.3, 0.4) is 0 Å². The van der Waals surface area contributed by atoms with E-state index in [9.17, 15) is 9.90 Å². The number of hydrogen-bond acceptors (Lipinski definition) is 7. The predicted octanol–water partition coefficient (Wildman–Crippen LogP) is 5.05. The maximum Gasteiger partial charge on any atom is 0.315 e. The van der Waals surface area contributed by atoms with Gasteiger partial charge in [0.1, 0.15) is 0 Å². The number of rotatable bonds is 9. The zero-order valence-electron chi connectivity index (χ0n) is 25.4. The Morgan fingerprint density at radius 2 is 1.61 bits per heavy atom. The average Bonchev–Trinajstić information content (AvgIpc) is 3.53. The minimum absolute atomic E-state index is 0.00972. The van der Waals surface area contributed by atoms with Crippen LogP contribution in [0.15, 0.2) is 72.8 Å². The first-order valence-corrected chi connectivity index (χ1v) is 15.7. The molecule has 234 valence electrons. The topological polar surface area (TPSA) is 102 Å². The van der Waals surface area contributed by atoms with E-state index in [0.29, 0.717) is 26.3 Å². The molecule has 3 aliphatic rings. The van der Waals surface area contributed by atoms with Gasteiger partial charge in [-0.15, -0.1) is 0 Å². The van der Waals surface area contributed by atoms with Crippen LogP contribution in [0.2, 0.25) is 0 Å². The van der Waals surface area contributed by atoms with Crippen molar-refractivity contribution in [3.8, 4) is 11.1 Å². The smallest absolute Gasteiger partial charge is 0.315 e. The minimum atomic E-state index is -0.504. The normalized spacial score (nSPS) is 23.5. The van der Waals surface area contributed by atoms with E-state index in [1.807, 2.05) is 43.3 Å². The molecular formula is C35H43N3O6. The van der Waals surface area contributed by atoms with Gasteiger partial charge in [-0.2, -0.15) is 0 Å². The first-order chi connectivity index (χ1) is 21.5. The van der Waals surface area contributed by atoms with Crippen molar-refractivity contribution in [1.82, 2.24) is 15.5 Å². The molecule has 3 unspecified atom stereocenters. The Kier molecular flexibility index (Phi) is 9.91. The van der Waals surface area contributed by atoms with E-state index in [0.717, 1.165) is 72.3 Å². The van der Waals surface area contributed by atoms with Gasteiger partial charge in [0, 0.05) is 57.5 Å². The van der Waals surface area contributed by atoms with Crippen LogP contribution in [0.5, 0.6) is 0 Å². The van der Waals surface area contributed by atoms with Gasteiger partial charge in [-0.25, -0.2) is 4.79 Å². The average molecular weight is 602 g/mol. The first kappa shape index (κ1) is 30.7. The van der Waals surface area contributed by atoms with E-state index < -0.39 is 12.1 Å². The predicted molar refractivity (Wildman–Crippen MR) is 167 cm³/mol. The van der Waals surface area contributed by atoms with Crippen LogP contribution in [-0.4, -0.2) is 67.3 Å². The van der Waals surface area contributed by atoms with Gasteiger partial charge >= 0.3 is 6.03 Å². The summed E-state index contributed by atoms with van der Waals surface area (Å²) in [4.78, 5) is 14.3. The Morgan fingerprint density at radius 1 is 0.886 bits per heavy atom. The third-order valence-corrected chi connectivity index (χ3v) is 8.74. The second-order valence-electron chi connectivity index (χ2n) is 11.8. The number of aliphatic hydroxyl groups excluding tert-OH is 1. The molecule has 0 radical (unpaired) electrons. The highest BCUT2D eigenvalue weighted by atomic mass is 16.7. The SMILES string of the molecule is CCNC(=O)NCc1cccc(-c2ccc(C3OC(CN4CCC5(CC4)OCCO5)CC(c4ccc(CO)cc4)O3)cc2)c1. The molecule has 3 aromatic carbocycles. The molecule has 3 N–H and O–H groups in total. The molecule has 9 nitrogen and oxygen atoms in total. The molecule has 3 atom stereocenters. The Hall–Kier alpha value is -3.31. The summed E-state index contributed by atoms with van der Waals surface area (Å²) in [6, 6.07) is 24.4. The molecule has 3 saturated heterocycles. The fraction of sp³-hybridized carbons (Fsp3) is 0.457. The van der Waals surface area contributed by atoms with Crippen molar-refractivity contribution in [3.63, 3.8) is 0 Å². The van der Waals surface area contributed by atoms with Crippen LogP contribution >= 0.6 is 0 Å². The molecule has 9 heteroatoms. The molecule has 0 aliphatic carbocycles. The van der Waals surface area contributed by atoms with Crippen molar-refractivity contribution < 1.29 is 28.8 Å². The molecule has 44 heavy (non-hydrogen) atoms. The van der Waals surface area contributed by atoms with Gasteiger partial charge in [0.2, 0.25) is 0 Å². The summed E-state index contributed by atoms with van der Waals surface area (Å²) in [6.45, 7) is 6.96. The highest BCUT2D eigenvalue weighted by molar-refractivity contribution is 5.73. The number of nitrogens with zero attached hydrogens (tertiary/aromatic N) is 1. The fourth-order valence-corrected chi connectivity index (χ4v) is 6.28. The van der Waals surface area contributed by atoms with E-state index >= 15 is 0 Å². The van der Waals surface area contributed by atoms with Gasteiger partial charge in [0.15, 0.2) is 12.1 Å². The van der Waals surface area contributed by atoms with Crippen molar-refractivity contribution in [1.29, 1.82) is 0 Å². The molecule has 3 aromatic rings. The van der Waals surface area contributed by atoms with E-state index in [1.54, 1.807) is 0 Å². The van der Waals surface area contributed by atoms with Crippen molar-refractivity contribution >= 4 is 6.03 Å². The highest BCUT2D eigenvalue weighted by Crippen LogP contribution is 2.39. The number of nitrogens with one attached hydrogen (secondary N) is 2. The van der Waals surface area contributed by atoms with Gasteiger partial charge in [0.25, 0.3) is 0 Å². The molecule has 0 saturated carbocycles. The zero-order valence-corrected chi connectivity index (χ0v) is 25.4. The third kappa shape index (κ3) is 7.48. The molecule has 6 rings (SSSR count). The van der Waals surface area contributed by atoms with Gasteiger partial charge in [0.05, 0.1) is 32.0 Å². The Morgan fingerprint density at radius 3 is 2.32 bits per heavy atom. The van der Waals surface area contributed by atoms with E-state index in [1.165, 1.54) is 0 Å². The summed E-state index contributed by atoms with van der Waals surface area (Å²) in [7, 11) is 0. The summed E-state index contributed by atoms with van der Waals surface area (Å²) in [5.41, 5.74) is 6.12. The number of carbonyl (C=O) groups excluding carboxylic acids is 1. The maximum atomic E-state index is 11.8. The molecule has 3 aliphatic heterocycles. The monoisotopic (exact) mass is 601 g/mol. The Bertz CT molecular complexity index is 1370. The lowest BCUT2D eigenvalue weighted by Crippen LogP contribution is -2.48. The van der Waals surface area contributed by atoms with Crippen molar-refractivity contribution in [2.24, 2.45) is 0 Å². The second kappa shape index (κ2) is 14.2. The van der Waals surface area contributed by atoms with Gasteiger partial charge < -0.3 is 39.6 Å². The zero-order chi connectivity index (χ0) is 30.4. The van der Waals surface area contributed by atoms with E-state index in [4.69, 9.17) is 18.9 Å². The van der Waals surface area contributed by atoms with Crippen LogP contribution in [0.25, 0.3) is 11.1 Å². The lowest BCUT2D eigenvalue weighted by atomic mass is 9.98. The van der Waals surface area contributed by atoms with Crippen molar-refractivity contribution in [3.05, 3.63) is 95.1 Å². The van der Waals surface area contributed by atoms with Crippen LogP contribution in [-0.2, 0) is 32.1 Å². The number of aliphatic hydroxyl groups is 1. The van der Waals surface area contributed by atoms with Crippen molar-refractivity contribution in [2.75, 3.05) is 39.4 Å². The van der Waals surface area contributed by atoms with Crippen LogP contribution < -0.4 is 10.6 Å². The molecule has 1 spiro atoms. The molecule has 3 fully saturated rings. The lowest BCUT2D eigenvalue weighted by Gasteiger charge is -2.41. The number of piperidine rings is 1.